The molecule has 0 bridgehead atoms. The van der Waals surface area contributed by atoms with Crippen molar-refractivity contribution in [1.29, 1.82) is 0 Å². The smallest absolute Gasteiger partial charge is 0.305 e. The molecule has 0 radical (unpaired) electrons. The van der Waals surface area contributed by atoms with E-state index in [0.29, 0.717) is 13.1 Å². The van der Waals surface area contributed by atoms with Crippen molar-refractivity contribution in [3.63, 3.8) is 0 Å². The fraction of sp³-hybridized carbons (Fsp3) is 0.818. The number of hydrogen-bond acceptors (Lipinski definition) is 3. The highest BCUT2D eigenvalue weighted by Gasteiger charge is 2.24. The van der Waals surface area contributed by atoms with Crippen LogP contribution in [0.1, 0.15) is 32.6 Å². The van der Waals surface area contributed by atoms with Gasteiger partial charge < -0.3 is 15.3 Å². The monoisotopic (exact) mass is 228 g/mol. The Morgan fingerprint density at radius 1 is 1.44 bits per heavy atom. The van der Waals surface area contributed by atoms with Crippen molar-refractivity contribution in [2.45, 2.75) is 38.6 Å². The summed E-state index contributed by atoms with van der Waals surface area (Å²) < 4.78 is 0. The number of piperidine rings is 1. The van der Waals surface area contributed by atoms with E-state index in [1.54, 1.807) is 4.90 Å². The second kappa shape index (κ2) is 6.48. The molecule has 5 nitrogen and oxygen atoms in total. The average Bonchev–Trinajstić information content (AvgIpc) is 2.30. The average molecular weight is 228 g/mol. The van der Waals surface area contributed by atoms with Crippen molar-refractivity contribution < 1.29 is 14.7 Å². The van der Waals surface area contributed by atoms with E-state index in [2.05, 4.69) is 5.32 Å². The molecule has 1 atom stereocenters. The molecule has 0 aromatic rings. The number of nitrogens with zero attached hydrogens (tertiary/aromatic N) is 1. The van der Waals surface area contributed by atoms with Gasteiger partial charge in [-0.15, -0.1) is 0 Å². The number of likely N-dealkylation sites (N-methyl/N-ethyl adjacent to an activating group) is 1. The molecule has 0 aromatic heterocycles. The highest BCUT2D eigenvalue weighted by Crippen LogP contribution is 2.10. The predicted molar refractivity (Wildman–Crippen MR) is 60.1 cm³/mol. The van der Waals surface area contributed by atoms with Gasteiger partial charge in [0.2, 0.25) is 5.91 Å². The van der Waals surface area contributed by atoms with Crippen LogP contribution in [0.15, 0.2) is 0 Å². The van der Waals surface area contributed by atoms with Crippen LogP contribution in [0.2, 0.25) is 0 Å². The molecule has 1 saturated heterocycles. The molecule has 0 aliphatic carbocycles. The third-order valence-electron chi connectivity index (χ3n) is 2.90. The summed E-state index contributed by atoms with van der Waals surface area (Å²) in [6.45, 7) is 3.64. The molecule has 92 valence electrons. The third-order valence-corrected chi connectivity index (χ3v) is 2.90. The van der Waals surface area contributed by atoms with Gasteiger partial charge in [0.15, 0.2) is 0 Å². The van der Waals surface area contributed by atoms with Gasteiger partial charge in [0.25, 0.3) is 0 Å². The molecule has 16 heavy (non-hydrogen) atoms. The molecule has 0 spiro atoms. The van der Waals surface area contributed by atoms with Crippen LogP contribution in [0.3, 0.4) is 0 Å². The lowest BCUT2D eigenvalue weighted by Gasteiger charge is -2.29. The normalized spacial score (nSPS) is 20.4. The summed E-state index contributed by atoms with van der Waals surface area (Å²) in [4.78, 5) is 24.1. The third kappa shape index (κ3) is 3.81. The van der Waals surface area contributed by atoms with Gasteiger partial charge in [-0.25, -0.2) is 0 Å². The van der Waals surface area contributed by atoms with E-state index < -0.39 is 5.97 Å². The summed E-state index contributed by atoms with van der Waals surface area (Å²) in [6.07, 6.45) is 3.07. The topological polar surface area (TPSA) is 69.6 Å². The first-order valence-electron chi connectivity index (χ1n) is 5.89. The van der Waals surface area contributed by atoms with Crippen LogP contribution in [0.4, 0.5) is 0 Å². The molecule has 1 rings (SSSR count). The Hall–Kier alpha value is -1.10. The Balaban J connectivity index is 2.44. The SMILES string of the molecule is CCN(CCC(=O)O)C(=O)[C@@H]1CCCCN1. The molecule has 5 heteroatoms. The van der Waals surface area contributed by atoms with Crippen LogP contribution in [0, 0.1) is 0 Å². The Morgan fingerprint density at radius 3 is 2.69 bits per heavy atom. The summed E-state index contributed by atoms with van der Waals surface area (Å²) in [5, 5.41) is 11.8. The van der Waals surface area contributed by atoms with Crippen molar-refractivity contribution >= 4 is 11.9 Å². The minimum absolute atomic E-state index is 0.0201. The molecular weight excluding hydrogens is 208 g/mol. The summed E-state index contributed by atoms with van der Waals surface area (Å²) in [5.41, 5.74) is 0. The van der Waals surface area contributed by atoms with Gasteiger partial charge in [-0.1, -0.05) is 6.42 Å². The molecule has 0 unspecified atom stereocenters. The van der Waals surface area contributed by atoms with E-state index in [9.17, 15) is 9.59 Å². The number of carboxylic acid groups (broad SMARTS) is 1. The Labute approximate surface area is 95.8 Å². The van der Waals surface area contributed by atoms with Gasteiger partial charge in [-0.3, -0.25) is 9.59 Å². The number of rotatable bonds is 5. The van der Waals surface area contributed by atoms with E-state index in [1.165, 1.54) is 0 Å². The zero-order chi connectivity index (χ0) is 12.0. The van der Waals surface area contributed by atoms with Crippen molar-refractivity contribution in [2.24, 2.45) is 0 Å². The summed E-state index contributed by atoms with van der Waals surface area (Å²) >= 11 is 0. The van der Waals surface area contributed by atoms with Crippen molar-refractivity contribution in [3.8, 4) is 0 Å². The summed E-state index contributed by atoms with van der Waals surface area (Å²) in [6, 6.07) is -0.109. The predicted octanol–water partition coefficient (Wildman–Crippen LogP) is 0.452. The molecule has 0 aromatic carbocycles. The fourth-order valence-corrected chi connectivity index (χ4v) is 1.94. The van der Waals surface area contributed by atoms with E-state index in [0.717, 1.165) is 25.8 Å². The maximum Gasteiger partial charge on any atom is 0.305 e. The van der Waals surface area contributed by atoms with Crippen LogP contribution >= 0.6 is 0 Å². The number of carbonyl (C=O) groups excluding carboxylic acids is 1. The second-order valence-corrected chi connectivity index (χ2v) is 4.06. The maximum atomic E-state index is 12.0. The quantitative estimate of drug-likeness (QED) is 0.717. The first kappa shape index (κ1) is 13.0. The minimum Gasteiger partial charge on any atom is -0.481 e. The van der Waals surface area contributed by atoms with Crippen LogP contribution in [0.25, 0.3) is 0 Å². The number of carbonyl (C=O) groups is 2. The molecule has 2 N–H and O–H groups in total. The zero-order valence-corrected chi connectivity index (χ0v) is 9.74. The number of carboxylic acids is 1. The maximum absolute atomic E-state index is 12.0. The highest BCUT2D eigenvalue weighted by molar-refractivity contribution is 5.82. The van der Waals surface area contributed by atoms with Crippen molar-refractivity contribution in [2.75, 3.05) is 19.6 Å². The largest absolute Gasteiger partial charge is 0.481 e. The fourth-order valence-electron chi connectivity index (χ4n) is 1.94. The van der Waals surface area contributed by atoms with Gasteiger partial charge >= 0.3 is 5.97 Å². The van der Waals surface area contributed by atoms with Crippen LogP contribution in [0.5, 0.6) is 0 Å². The molecule has 1 aliphatic heterocycles. The first-order valence-corrected chi connectivity index (χ1v) is 5.89. The van der Waals surface area contributed by atoms with Crippen LogP contribution < -0.4 is 5.32 Å². The molecule has 1 amide bonds. The number of aliphatic carboxylic acids is 1. The number of hydrogen-bond donors (Lipinski definition) is 2. The standard InChI is InChI=1S/C11H20N2O3/c1-2-13(8-6-10(14)15)11(16)9-5-3-4-7-12-9/h9,12H,2-8H2,1H3,(H,14,15)/t9-/m0/s1. The van der Waals surface area contributed by atoms with E-state index in [-0.39, 0.29) is 18.4 Å². The summed E-state index contributed by atoms with van der Waals surface area (Å²) in [5.74, 6) is -0.814. The molecule has 1 aliphatic rings. The molecule has 1 heterocycles. The van der Waals surface area contributed by atoms with E-state index in [4.69, 9.17) is 5.11 Å². The van der Waals surface area contributed by atoms with Crippen molar-refractivity contribution in [3.05, 3.63) is 0 Å². The molecule has 0 saturated carbocycles. The first-order chi connectivity index (χ1) is 7.65. The van der Waals surface area contributed by atoms with Crippen LogP contribution in [-0.4, -0.2) is 47.6 Å². The summed E-state index contributed by atoms with van der Waals surface area (Å²) in [7, 11) is 0. The van der Waals surface area contributed by atoms with E-state index in [1.807, 2.05) is 6.92 Å². The highest BCUT2D eigenvalue weighted by atomic mass is 16.4. The minimum atomic E-state index is -0.858. The molecular formula is C11H20N2O3. The van der Waals surface area contributed by atoms with Gasteiger partial charge in [0.1, 0.15) is 0 Å². The number of nitrogens with one attached hydrogen (secondary N) is 1. The Morgan fingerprint density at radius 2 is 2.19 bits per heavy atom. The second-order valence-electron chi connectivity index (χ2n) is 4.06. The van der Waals surface area contributed by atoms with Gasteiger partial charge in [0.05, 0.1) is 12.5 Å². The molecule has 1 fully saturated rings. The van der Waals surface area contributed by atoms with Crippen molar-refractivity contribution in [1.82, 2.24) is 10.2 Å². The van der Waals surface area contributed by atoms with Gasteiger partial charge in [-0.05, 0) is 26.3 Å². The number of amides is 1. The van der Waals surface area contributed by atoms with Gasteiger partial charge in [-0.2, -0.15) is 0 Å². The van der Waals surface area contributed by atoms with E-state index >= 15 is 0 Å². The van der Waals surface area contributed by atoms with Crippen LogP contribution in [-0.2, 0) is 9.59 Å². The van der Waals surface area contributed by atoms with Gasteiger partial charge in [0, 0.05) is 13.1 Å². The lowest BCUT2D eigenvalue weighted by atomic mass is 10.0. The zero-order valence-electron chi connectivity index (χ0n) is 9.74. The Bertz CT molecular complexity index is 250. The lowest BCUT2D eigenvalue weighted by molar-refractivity contribution is -0.139. The Kier molecular flexibility index (Phi) is 5.25. The lowest BCUT2D eigenvalue weighted by Crippen LogP contribution is -2.49.